The Morgan fingerprint density at radius 1 is 1.33 bits per heavy atom. The Bertz CT molecular complexity index is 726. The second-order valence-corrected chi connectivity index (χ2v) is 6.82. The van der Waals surface area contributed by atoms with Crippen molar-refractivity contribution in [1.29, 1.82) is 0 Å². The summed E-state index contributed by atoms with van der Waals surface area (Å²) in [7, 11) is 3.62. The zero-order chi connectivity index (χ0) is 17.3. The monoisotopic (exact) mass is 346 g/mol. The molecule has 0 radical (unpaired) electrons. The van der Waals surface area contributed by atoms with E-state index in [-0.39, 0.29) is 11.9 Å². The number of aromatic nitrogens is 2. The number of nitrogens with zero attached hydrogens (tertiary/aromatic N) is 4. The van der Waals surface area contributed by atoms with Crippen LogP contribution in [-0.4, -0.2) is 52.2 Å². The summed E-state index contributed by atoms with van der Waals surface area (Å²) in [5.41, 5.74) is 2.85. The van der Waals surface area contributed by atoms with Crippen molar-refractivity contribution in [2.75, 3.05) is 20.6 Å². The van der Waals surface area contributed by atoms with Crippen molar-refractivity contribution in [2.24, 2.45) is 0 Å². The average molecular weight is 347 g/mol. The maximum Gasteiger partial charge on any atom is 0.239 e. The molecule has 5 nitrogen and oxygen atoms in total. The summed E-state index contributed by atoms with van der Waals surface area (Å²) in [5.74, 6) is 0.164. The third kappa shape index (κ3) is 3.19. The summed E-state index contributed by atoms with van der Waals surface area (Å²) >= 11 is 6.61. The van der Waals surface area contributed by atoms with Gasteiger partial charge in [0.1, 0.15) is 5.15 Å². The van der Waals surface area contributed by atoms with E-state index in [2.05, 4.69) is 10.00 Å². The lowest BCUT2D eigenvalue weighted by atomic mass is 10.2. The van der Waals surface area contributed by atoms with Gasteiger partial charge in [-0.25, -0.2) is 4.68 Å². The first-order valence-corrected chi connectivity index (χ1v) is 8.61. The number of halogens is 1. The van der Waals surface area contributed by atoms with Crippen LogP contribution in [0.25, 0.3) is 5.69 Å². The minimum absolute atomic E-state index is 0.0597. The first kappa shape index (κ1) is 17.0. The van der Waals surface area contributed by atoms with E-state index in [0.29, 0.717) is 11.7 Å². The Morgan fingerprint density at radius 2 is 2.04 bits per heavy atom. The summed E-state index contributed by atoms with van der Waals surface area (Å²) in [6.45, 7) is 3.54. The first-order valence-electron chi connectivity index (χ1n) is 8.23. The zero-order valence-electron chi connectivity index (χ0n) is 14.4. The highest BCUT2D eigenvalue weighted by molar-refractivity contribution is 6.30. The maximum absolute atomic E-state index is 12.4. The molecule has 0 spiro atoms. The Kier molecular flexibility index (Phi) is 4.92. The number of benzene rings is 1. The number of carbonyl (C=O) groups is 1. The molecule has 1 aliphatic heterocycles. The number of amides is 1. The lowest BCUT2D eigenvalue weighted by molar-refractivity contribution is -0.133. The van der Waals surface area contributed by atoms with Gasteiger partial charge in [0, 0.05) is 26.2 Å². The number of likely N-dealkylation sites (tertiary alicyclic amines) is 1. The highest BCUT2D eigenvalue weighted by atomic mass is 35.5. The molecular formula is C18H23ClN4O. The van der Waals surface area contributed by atoms with Crippen LogP contribution >= 0.6 is 11.6 Å². The van der Waals surface area contributed by atoms with Gasteiger partial charge in [-0.2, -0.15) is 5.10 Å². The second kappa shape index (κ2) is 6.95. The van der Waals surface area contributed by atoms with Crippen molar-refractivity contribution in [1.82, 2.24) is 19.6 Å². The molecule has 1 aliphatic rings. The molecule has 1 unspecified atom stereocenters. The molecule has 2 heterocycles. The fraction of sp³-hybridized carbons (Fsp3) is 0.444. The van der Waals surface area contributed by atoms with E-state index in [9.17, 15) is 4.79 Å². The smallest absolute Gasteiger partial charge is 0.239 e. The van der Waals surface area contributed by atoms with Crippen LogP contribution in [0.2, 0.25) is 5.15 Å². The third-order valence-corrected chi connectivity index (χ3v) is 4.96. The lowest BCUT2D eigenvalue weighted by Crippen LogP contribution is -2.42. The molecule has 0 N–H and O–H groups in total. The minimum atomic E-state index is -0.0597. The molecule has 1 aromatic carbocycles. The molecule has 1 saturated heterocycles. The normalized spacial score (nSPS) is 18.1. The molecule has 0 saturated carbocycles. The summed E-state index contributed by atoms with van der Waals surface area (Å²) in [6, 6.07) is 9.81. The maximum atomic E-state index is 12.4. The Morgan fingerprint density at radius 3 is 2.71 bits per heavy atom. The van der Waals surface area contributed by atoms with Crippen molar-refractivity contribution < 1.29 is 4.79 Å². The summed E-state index contributed by atoms with van der Waals surface area (Å²) in [6.07, 6.45) is 1.94. The van der Waals surface area contributed by atoms with Crippen molar-refractivity contribution in [3.05, 3.63) is 46.7 Å². The Labute approximate surface area is 147 Å². The first-order chi connectivity index (χ1) is 11.5. The largest absolute Gasteiger partial charge is 0.347 e. The van der Waals surface area contributed by atoms with Crippen LogP contribution in [0.5, 0.6) is 0 Å². The standard InChI is InChI=1S/C18H23ClN4O/c1-13-15(12-22-11-7-10-16(22)18(24)21(2)3)17(19)23(20-13)14-8-5-4-6-9-14/h4-6,8-9,16H,7,10-12H2,1-3H3. The molecule has 3 rings (SSSR count). The van der Waals surface area contributed by atoms with Crippen LogP contribution in [0.3, 0.4) is 0 Å². The van der Waals surface area contributed by atoms with Crippen molar-refractivity contribution in [2.45, 2.75) is 32.4 Å². The molecule has 24 heavy (non-hydrogen) atoms. The van der Waals surface area contributed by atoms with Gasteiger partial charge in [0.2, 0.25) is 5.91 Å². The number of likely N-dealkylation sites (N-methyl/N-ethyl adjacent to an activating group) is 1. The van der Waals surface area contributed by atoms with Gasteiger partial charge in [-0.3, -0.25) is 9.69 Å². The van der Waals surface area contributed by atoms with E-state index in [4.69, 9.17) is 11.6 Å². The number of hydrogen-bond donors (Lipinski definition) is 0. The third-order valence-electron chi connectivity index (χ3n) is 4.57. The molecule has 1 atom stereocenters. The van der Waals surface area contributed by atoms with E-state index in [1.165, 1.54) is 0 Å². The molecule has 6 heteroatoms. The Balaban J connectivity index is 1.86. The molecule has 0 aliphatic carbocycles. The second-order valence-electron chi connectivity index (χ2n) is 6.46. The average Bonchev–Trinajstić information content (AvgIpc) is 3.14. The Hall–Kier alpha value is -1.85. The topological polar surface area (TPSA) is 41.4 Å². The van der Waals surface area contributed by atoms with E-state index < -0.39 is 0 Å². The van der Waals surface area contributed by atoms with E-state index in [0.717, 1.165) is 36.3 Å². The van der Waals surface area contributed by atoms with E-state index in [1.54, 1.807) is 9.58 Å². The SMILES string of the molecule is Cc1nn(-c2ccccc2)c(Cl)c1CN1CCCC1C(=O)N(C)C. The van der Waals surface area contributed by atoms with E-state index >= 15 is 0 Å². The quantitative estimate of drug-likeness (QED) is 0.854. The molecule has 1 fully saturated rings. The van der Waals surface area contributed by atoms with Gasteiger partial charge in [-0.15, -0.1) is 0 Å². The number of aryl methyl sites for hydroxylation is 1. The number of hydrogen-bond acceptors (Lipinski definition) is 3. The van der Waals surface area contributed by atoms with Crippen LogP contribution in [0.4, 0.5) is 0 Å². The van der Waals surface area contributed by atoms with E-state index in [1.807, 2.05) is 51.4 Å². The van der Waals surface area contributed by atoms with Crippen LogP contribution in [0.15, 0.2) is 30.3 Å². The predicted molar refractivity (Wildman–Crippen MR) is 95.4 cm³/mol. The van der Waals surface area contributed by atoms with Crippen molar-refractivity contribution in [3.8, 4) is 5.69 Å². The summed E-state index contributed by atoms with van der Waals surface area (Å²) in [4.78, 5) is 16.3. The fourth-order valence-electron chi connectivity index (χ4n) is 3.25. The highest BCUT2D eigenvalue weighted by Crippen LogP contribution is 2.28. The van der Waals surface area contributed by atoms with Crippen LogP contribution in [0.1, 0.15) is 24.1 Å². The number of para-hydroxylation sites is 1. The highest BCUT2D eigenvalue weighted by Gasteiger charge is 2.32. The van der Waals surface area contributed by atoms with Gasteiger partial charge in [0.05, 0.1) is 17.4 Å². The molecule has 1 amide bonds. The van der Waals surface area contributed by atoms with Gasteiger partial charge in [-0.1, -0.05) is 29.8 Å². The van der Waals surface area contributed by atoms with Crippen molar-refractivity contribution in [3.63, 3.8) is 0 Å². The molecule has 0 bridgehead atoms. The number of rotatable bonds is 4. The summed E-state index contributed by atoms with van der Waals surface area (Å²) in [5, 5.41) is 5.22. The van der Waals surface area contributed by atoms with Crippen LogP contribution in [-0.2, 0) is 11.3 Å². The molecule has 1 aromatic heterocycles. The van der Waals surface area contributed by atoms with Gasteiger partial charge >= 0.3 is 0 Å². The number of carbonyl (C=O) groups excluding carboxylic acids is 1. The van der Waals surface area contributed by atoms with Crippen molar-refractivity contribution >= 4 is 17.5 Å². The predicted octanol–water partition coefficient (Wildman–Crippen LogP) is 2.89. The van der Waals surface area contributed by atoms with Crippen LogP contribution in [0, 0.1) is 6.92 Å². The van der Waals surface area contributed by atoms with Gasteiger partial charge in [0.15, 0.2) is 0 Å². The molecule has 128 valence electrons. The lowest BCUT2D eigenvalue weighted by Gasteiger charge is -2.26. The molecule has 2 aromatic rings. The fourth-order valence-corrected chi connectivity index (χ4v) is 3.58. The minimum Gasteiger partial charge on any atom is -0.347 e. The van der Waals surface area contributed by atoms with Gasteiger partial charge < -0.3 is 4.90 Å². The molecular weight excluding hydrogens is 324 g/mol. The van der Waals surface area contributed by atoms with Gasteiger partial charge in [-0.05, 0) is 38.4 Å². The van der Waals surface area contributed by atoms with Gasteiger partial charge in [0.25, 0.3) is 0 Å². The zero-order valence-corrected chi connectivity index (χ0v) is 15.1. The summed E-state index contributed by atoms with van der Waals surface area (Å²) < 4.78 is 1.77. The van der Waals surface area contributed by atoms with Crippen LogP contribution < -0.4 is 0 Å².